The summed E-state index contributed by atoms with van der Waals surface area (Å²) in [6.45, 7) is 13.8. The minimum Gasteiger partial charge on any atom is -0.353 e. The highest BCUT2D eigenvalue weighted by Crippen LogP contribution is 2.25. The number of hydrogen-bond acceptors (Lipinski definition) is 6. The summed E-state index contributed by atoms with van der Waals surface area (Å²) in [5.74, 6) is 0.657. The number of benzene rings is 2. The van der Waals surface area contributed by atoms with Gasteiger partial charge in [0.15, 0.2) is 5.57 Å². The van der Waals surface area contributed by atoms with Crippen molar-refractivity contribution in [2.75, 3.05) is 39.3 Å². The number of carbonyl (C=O) groups is 1. The zero-order chi connectivity index (χ0) is 26.8. The van der Waals surface area contributed by atoms with E-state index in [-0.39, 0.29) is 11.5 Å². The largest absolute Gasteiger partial charge is 0.353 e. The van der Waals surface area contributed by atoms with Crippen LogP contribution in [0.25, 0.3) is 0 Å². The number of nitrogens with one attached hydrogen (secondary N) is 1. The number of carbonyl (C=O) groups excluding carboxylic acids is 1. The van der Waals surface area contributed by atoms with Crippen LogP contribution < -0.4 is 5.32 Å². The number of allylic oxidation sites excluding steroid dienone is 1. The lowest BCUT2D eigenvalue weighted by Gasteiger charge is -2.28. The predicted octanol–water partition coefficient (Wildman–Crippen LogP) is 4.34. The molecule has 7 heteroatoms. The topological polar surface area (TPSA) is 86.4 Å². The molecule has 194 valence electrons. The van der Waals surface area contributed by atoms with Crippen LogP contribution in [-0.2, 0) is 13.1 Å². The van der Waals surface area contributed by atoms with Gasteiger partial charge in [-0.15, -0.1) is 0 Å². The molecule has 1 aliphatic heterocycles. The SMILES string of the molecule is CCCNCc1ccc(C(=O)N(CC)CCN2CCN(Cc3cc(C)cc(C)c3)C2=C(C#N)C#N)cc1. The van der Waals surface area contributed by atoms with E-state index < -0.39 is 0 Å². The number of likely N-dealkylation sites (N-methyl/N-ethyl adjacent to an activating group) is 1. The second-order valence-electron chi connectivity index (χ2n) is 9.59. The Kier molecular flexibility index (Phi) is 10.1. The minimum atomic E-state index is -0.00632. The van der Waals surface area contributed by atoms with E-state index in [1.165, 1.54) is 11.1 Å². The Hall–Kier alpha value is -3.81. The van der Waals surface area contributed by atoms with Gasteiger partial charge in [-0.2, -0.15) is 10.5 Å². The lowest BCUT2D eigenvalue weighted by molar-refractivity contribution is 0.0752. The Labute approximate surface area is 221 Å². The maximum Gasteiger partial charge on any atom is 0.253 e. The molecule has 1 fully saturated rings. The summed E-state index contributed by atoms with van der Waals surface area (Å²) in [6.07, 6.45) is 1.09. The van der Waals surface area contributed by atoms with Gasteiger partial charge in [0.1, 0.15) is 18.0 Å². The molecule has 2 aromatic carbocycles. The first kappa shape index (κ1) is 27.8. The first-order chi connectivity index (χ1) is 17.9. The molecule has 1 aliphatic rings. The number of nitriles is 2. The minimum absolute atomic E-state index is 0.00632. The average molecular weight is 499 g/mol. The van der Waals surface area contributed by atoms with E-state index in [4.69, 9.17) is 0 Å². The lowest BCUT2D eigenvalue weighted by atomic mass is 10.1. The zero-order valence-corrected chi connectivity index (χ0v) is 22.5. The number of nitrogens with zero attached hydrogens (tertiary/aromatic N) is 5. The summed E-state index contributed by atoms with van der Waals surface area (Å²) >= 11 is 0. The summed E-state index contributed by atoms with van der Waals surface area (Å²) in [4.78, 5) is 19.2. The standard InChI is InChI=1S/C30H38N6O/c1-5-11-33-21-25-7-9-27(10-8-25)30(37)34(6-2)12-13-35-14-15-36(29(35)28(19-31)20-32)22-26-17-23(3)16-24(4)18-26/h7-10,16-18,33H,5-6,11-15,21-22H2,1-4H3. The molecule has 0 spiro atoms. The van der Waals surface area contributed by atoms with Gasteiger partial charge in [-0.25, -0.2) is 0 Å². The van der Waals surface area contributed by atoms with Crippen molar-refractivity contribution in [2.24, 2.45) is 0 Å². The van der Waals surface area contributed by atoms with E-state index in [2.05, 4.69) is 66.2 Å². The second-order valence-corrected chi connectivity index (χ2v) is 9.59. The van der Waals surface area contributed by atoms with Crippen molar-refractivity contribution in [2.45, 2.75) is 47.2 Å². The lowest BCUT2D eigenvalue weighted by Crippen LogP contribution is -2.38. The molecular formula is C30H38N6O. The van der Waals surface area contributed by atoms with Crippen molar-refractivity contribution >= 4 is 5.91 Å². The third kappa shape index (κ3) is 7.35. The molecule has 0 aromatic heterocycles. The second kappa shape index (κ2) is 13.5. The Morgan fingerprint density at radius 3 is 2.22 bits per heavy atom. The number of aryl methyl sites for hydroxylation is 2. The van der Waals surface area contributed by atoms with Crippen molar-refractivity contribution in [3.63, 3.8) is 0 Å². The van der Waals surface area contributed by atoms with E-state index in [1.807, 2.05) is 36.1 Å². The molecule has 1 amide bonds. The van der Waals surface area contributed by atoms with Gasteiger partial charge in [-0.1, -0.05) is 48.4 Å². The van der Waals surface area contributed by atoms with E-state index in [1.54, 1.807) is 0 Å². The van der Waals surface area contributed by atoms with Gasteiger partial charge in [0, 0.05) is 51.4 Å². The fourth-order valence-electron chi connectivity index (χ4n) is 4.85. The Morgan fingerprint density at radius 1 is 0.973 bits per heavy atom. The van der Waals surface area contributed by atoms with Crippen LogP contribution in [0.15, 0.2) is 53.9 Å². The van der Waals surface area contributed by atoms with Crippen LogP contribution in [-0.4, -0.2) is 59.9 Å². The number of hydrogen-bond donors (Lipinski definition) is 1. The normalized spacial score (nSPS) is 12.9. The average Bonchev–Trinajstić information content (AvgIpc) is 3.27. The summed E-state index contributed by atoms with van der Waals surface area (Å²) < 4.78 is 0. The van der Waals surface area contributed by atoms with Crippen LogP contribution in [0, 0.1) is 36.5 Å². The maximum absolute atomic E-state index is 13.2. The number of amides is 1. The third-order valence-corrected chi connectivity index (χ3v) is 6.61. The smallest absolute Gasteiger partial charge is 0.253 e. The highest BCUT2D eigenvalue weighted by molar-refractivity contribution is 5.94. The molecule has 0 radical (unpaired) electrons. The Bertz CT molecular complexity index is 1150. The van der Waals surface area contributed by atoms with E-state index >= 15 is 0 Å². The maximum atomic E-state index is 13.2. The van der Waals surface area contributed by atoms with Gasteiger partial charge in [0.05, 0.1) is 0 Å². The first-order valence-corrected chi connectivity index (χ1v) is 13.1. The van der Waals surface area contributed by atoms with Crippen LogP contribution in [0.3, 0.4) is 0 Å². The van der Waals surface area contributed by atoms with Crippen molar-refractivity contribution < 1.29 is 4.79 Å². The molecule has 7 nitrogen and oxygen atoms in total. The summed E-state index contributed by atoms with van der Waals surface area (Å²) in [5.41, 5.74) is 5.49. The Morgan fingerprint density at radius 2 is 1.62 bits per heavy atom. The molecule has 0 bridgehead atoms. The monoisotopic (exact) mass is 498 g/mol. The van der Waals surface area contributed by atoms with Crippen LogP contribution in [0.1, 0.15) is 52.9 Å². The fourth-order valence-corrected chi connectivity index (χ4v) is 4.85. The highest BCUT2D eigenvalue weighted by Gasteiger charge is 2.29. The van der Waals surface area contributed by atoms with Crippen LogP contribution in [0.4, 0.5) is 0 Å². The molecule has 3 rings (SSSR count). The molecule has 0 atom stereocenters. The van der Waals surface area contributed by atoms with E-state index in [0.29, 0.717) is 44.1 Å². The summed E-state index contributed by atoms with van der Waals surface area (Å²) in [5, 5.41) is 22.7. The molecular weight excluding hydrogens is 460 g/mol. The molecule has 37 heavy (non-hydrogen) atoms. The molecule has 1 saturated heterocycles. The molecule has 0 unspecified atom stereocenters. The van der Waals surface area contributed by atoms with E-state index in [0.717, 1.165) is 37.2 Å². The molecule has 0 saturated carbocycles. The first-order valence-electron chi connectivity index (χ1n) is 13.1. The van der Waals surface area contributed by atoms with Gasteiger partial charge in [-0.05, 0) is 57.0 Å². The van der Waals surface area contributed by atoms with Crippen LogP contribution in [0.2, 0.25) is 0 Å². The predicted molar refractivity (Wildman–Crippen MR) is 146 cm³/mol. The molecule has 0 aliphatic carbocycles. The molecule has 2 aromatic rings. The highest BCUT2D eigenvalue weighted by atomic mass is 16.2. The van der Waals surface area contributed by atoms with Crippen LogP contribution in [0.5, 0.6) is 0 Å². The quantitative estimate of drug-likeness (QED) is 0.366. The summed E-state index contributed by atoms with van der Waals surface area (Å²) in [7, 11) is 0. The Balaban J connectivity index is 1.69. The van der Waals surface area contributed by atoms with Gasteiger partial charge in [-0.3, -0.25) is 4.79 Å². The number of rotatable bonds is 11. The summed E-state index contributed by atoms with van der Waals surface area (Å²) in [6, 6.07) is 18.4. The van der Waals surface area contributed by atoms with Crippen LogP contribution >= 0.6 is 0 Å². The van der Waals surface area contributed by atoms with Gasteiger partial charge < -0.3 is 20.0 Å². The third-order valence-electron chi connectivity index (χ3n) is 6.61. The van der Waals surface area contributed by atoms with Gasteiger partial charge in [0.25, 0.3) is 5.91 Å². The van der Waals surface area contributed by atoms with Crippen molar-refractivity contribution in [1.82, 2.24) is 20.0 Å². The molecule has 1 N–H and O–H groups in total. The molecule has 1 heterocycles. The van der Waals surface area contributed by atoms with Crippen molar-refractivity contribution in [1.29, 1.82) is 10.5 Å². The fraction of sp³-hybridized carbons (Fsp3) is 0.433. The van der Waals surface area contributed by atoms with Crippen molar-refractivity contribution in [3.8, 4) is 12.1 Å². The van der Waals surface area contributed by atoms with Gasteiger partial charge in [0.2, 0.25) is 0 Å². The van der Waals surface area contributed by atoms with Crippen molar-refractivity contribution in [3.05, 3.63) is 81.7 Å². The zero-order valence-electron chi connectivity index (χ0n) is 22.5. The van der Waals surface area contributed by atoms with Gasteiger partial charge >= 0.3 is 0 Å². The van der Waals surface area contributed by atoms with E-state index in [9.17, 15) is 15.3 Å².